The van der Waals surface area contributed by atoms with E-state index in [-0.39, 0.29) is 6.04 Å². The fourth-order valence-corrected chi connectivity index (χ4v) is 2.24. The molecule has 1 unspecified atom stereocenters. The third-order valence-electron chi connectivity index (χ3n) is 2.11. The van der Waals surface area contributed by atoms with Crippen LogP contribution >= 0.6 is 31.9 Å². The van der Waals surface area contributed by atoms with Crippen molar-refractivity contribution < 1.29 is 0 Å². The first kappa shape index (κ1) is 12.7. The van der Waals surface area contributed by atoms with Gasteiger partial charge in [-0.15, -0.1) is 12.3 Å². The van der Waals surface area contributed by atoms with Gasteiger partial charge in [0.2, 0.25) is 0 Å². The second-order valence-electron chi connectivity index (χ2n) is 3.13. The molecule has 0 saturated carbocycles. The standard InChI is InChI=1S/C11H12Br2N2/c1-2-3-4-11(15-14)9-7-8(12)5-6-10(9)13/h1,5-7,11,15H,3-4,14H2. The minimum Gasteiger partial charge on any atom is -0.271 e. The molecule has 1 rings (SSSR count). The molecule has 1 aromatic carbocycles. The molecule has 0 radical (unpaired) electrons. The molecule has 15 heavy (non-hydrogen) atoms. The Morgan fingerprint density at radius 1 is 1.47 bits per heavy atom. The fraction of sp³-hybridized carbons (Fsp3) is 0.273. The molecule has 0 spiro atoms. The van der Waals surface area contributed by atoms with Gasteiger partial charge in [0.15, 0.2) is 0 Å². The van der Waals surface area contributed by atoms with E-state index in [1.165, 1.54) is 0 Å². The molecule has 3 N–H and O–H groups in total. The lowest BCUT2D eigenvalue weighted by Gasteiger charge is -2.17. The summed E-state index contributed by atoms with van der Waals surface area (Å²) in [6.07, 6.45) is 6.76. The van der Waals surface area contributed by atoms with E-state index in [9.17, 15) is 0 Å². The molecule has 0 heterocycles. The second-order valence-corrected chi connectivity index (χ2v) is 4.90. The van der Waals surface area contributed by atoms with E-state index in [1.54, 1.807) is 0 Å². The molecule has 0 bridgehead atoms. The maximum atomic E-state index is 5.51. The lowest BCUT2D eigenvalue weighted by atomic mass is 10.0. The minimum absolute atomic E-state index is 0.0768. The number of nitrogens with two attached hydrogens (primary N) is 1. The highest BCUT2D eigenvalue weighted by atomic mass is 79.9. The number of hydrogen-bond donors (Lipinski definition) is 2. The number of benzene rings is 1. The molecule has 0 aromatic heterocycles. The molecule has 0 saturated heterocycles. The molecule has 0 aliphatic heterocycles. The maximum Gasteiger partial charge on any atom is 0.0480 e. The van der Waals surface area contributed by atoms with Gasteiger partial charge in [-0.2, -0.15) is 0 Å². The number of hydrazine groups is 1. The van der Waals surface area contributed by atoms with Gasteiger partial charge in [-0.1, -0.05) is 31.9 Å². The summed E-state index contributed by atoms with van der Waals surface area (Å²) in [6, 6.07) is 6.07. The predicted molar refractivity (Wildman–Crippen MR) is 70.0 cm³/mol. The van der Waals surface area contributed by atoms with Gasteiger partial charge in [0.05, 0.1) is 0 Å². The first-order chi connectivity index (χ1) is 7.19. The third kappa shape index (κ3) is 3.62. The summed E-state index contributed by atoms with van der Waals surface area (Å²) < 4.78 is 2.06. The zero-order chi connectivity index (χ0) is 11.3. The summed E-state index contributed by atoms with van der Waals surface area (Å²) in [5.41, 5.74) is 3.89. The van der Waals surface area contributed by atoms with Crippen molar-refractivity contribution >= 4 is 31.9 Å². The Bertz CT molecular complexity index is 371. The summed E-state index contributed by atoms with van der Waals surface area (Å²) >= 11 is 6.93. The van der Waals surface area contributed by atoms with Crippen LogP contribution in [0.3, 0.4) is 0 Å². The molecule has 0 fully saturated rings. The Balaban J connectivity index is 2.91. The van der Waals surface area contributed by atoms with E-state index in [4.69, 9.17) is 12.3 Å². The van der Waals surface area contributed by atoms with E-state index >= 15 is 0 Å². The summed E-state index contributed by atoms with van der Waals surface area (Å²) in [5.74, 6) is 8.12. The molecule has 1 atom stereocenters. The minimum atomic E-state index is 0.0768. The third-order valence-corrected chi connectivity index (χ3v) is 3.33. The van der Waals surface area contributed by atoms with Crippen LogP contribution in [0.15, 0.2) is 27.1 Å². The van der Waals surface area contributed by atoms with Gasteiger partial charge in [-0.05, 0) is 30.2 Å². The van der Waals surface area contributed by atoms with E-state index in [2.05, 4.69) is 43.2 Å². The van der Waals surface area contributed by atoms with Crippen molar-refractivity contribution in [1.29, 1.82) is 0 Å². The zero-order valence-corrected chi connectivity index (χ0v) is 11.3. The van der Waals surface area contributed by atoms with Crippen LogP contribution in [-0.4, -0.2) is 0 Å². The first-order valence-electron chi connectivity index (χ1n) is 4.53. The average molecular weight is 332 g/mol. The molecular weight excluding hydrogens is 320 g/mol. The lowest BCUT2D eigenvalue weighted by molar-refractivity contribution is 0.522. The summed E-state index contributed by atoms with van der Waals surface area (Å²) in [7, 11) is 0. The second kappa shape index (κ2) is 6.29. The van der Waals surface area contributed by atoms with Crippen molar-refractivity contribution in [3.63, 3.8) is 0 Å². The van der Waals surface area contributed by atoms with Gasteiger partial charge in [-0.3, -0.25) is 11.3 Å². The van der Waals surface area contributed by atoms with Gasteiger partial charge in [-0.25, -0.2) is 0 Å². The predicted octanol–water partition coefficient (Wildman–Crippen LogP) is 3.13. The number of rotatable bonds is 4. The number of halogens is 2. The lowest BCUT2D eigenvalue weighted by Crippen LogP contribution is -2.28. The Hall–Kier alpha value is -0.340. The van der Waals surface area contributed by atoms with Crippen molar-refractivity contribution in [2.24, 2.45) is 5.84 Å². The van der Waals surface area contributed by atoms with Crippen molar-refractivity contribution in [3.8, 4) is 12.3 Å². The van der Waals surface area contributed by atoms with Crippen molar-refractivity contribution in [1.82, 2.24) is 5.43 Å². The van der Waals surface area contributed by atoms with Crippen LogP contribution in [0.5, 0.6) is 0 Å². The van der Waals surface area contributed by atoms with Crippen molar-refractivity contribution in [2.45, 2.75) is 18.9 Å². The summed E-state index contributed by atoms with van der Waals surface area (Å²) in [4.78, 5) is 0. The monoisotopic (exact) mass is 330 g/mol. The van der Waals surface area contributed by atoms with Gasteiger partial charge in [0.25, 0.3) is 0 Å². The Kier molecular flexibility index (Phi) is 5.34. The molecular formula is C11H12Br2N2. The maximum absolute atomic E-state index is 5.51. The largest absolute Gasteiger partial charge is 0.271 e. The summed E-state index contributed by atoms with van der Waals surface area (Å²) in [6.45, 7) is 0. The highest BCUT2D eigenvalue weighted by Crippen LogP contribution is 2.28. The normalized spacial score (nSPS) is 12.1. The highest BCUT2D eigenvalue weighted by Gasteiger charge is 2.12. The van der Waals surface area contributed by atoms with E-state index < -0.39 is 0 Å². The summed E-state index contributed by atoms with van der Waals surface area (Å²) in [5, 5.41) is 0. The quantitative estimate of drug-likeness (QED) is 0.505. The number of nitrogens with one attached hydrogen (secondary N) is 1. The molecule has 1 aromatic rings. The molecule has 80 valence electrons. The average Bonchev–Trinajstić information content (AvgIpc) is 2.24. The van der Waals surface area contributed by atoms with Crippen molar-refractivity contribution in [3.05, 3.63) is 32.7 Å². The molecule has 4 heteroatoms. The van der Waals surface area contributed by atoms with Crippen LogP contribution < -0.4 is 11.3 Å². The Morgan fingerprint density at radius 2 is 2.20 bits per heavy atom. The van der Waals surface area contributed by atoms with Gasteiger partial charge >= 0.3 is 0 Å². The van der Waals surface area contributed by atoms with Crippen molar-refractivity contribution in [2.75, 3.05) is 0 Å². The molecule has 2 nitrogen and oxygen atoms in total. The van der Waals surface area contributed by atoms with E-state index in [0.717, 1.165) is 20.9 Å². The number of hydrogen-bond acceptors (Lipinski definition) is 2. The smallest absolute Gasteiger partial charge is 0.0480 e. The Morgan fingerprint density at radius 3 is 2.80 bits per heavy atom. The first-order valence-corrected chi connectivity index (χ1v) is 6.12. The topological polar surface area (TPSA) is 38.0 Å². The van der Waals surface area contributed by atoms with Gasteiger partial charge in [0.1, 0.15) is 0 Å². The molecule has 0 aliphatic rings. The van der Waals surface area contributed by atoms with Crippen LogP contribution in [0, 0.1) is 12.3 Å². The van der Waals surface area contributed by atoms with Crippen LogP contribution in [-0.2, 0) is 0 Å². The highest BCUT2D eigenvalue weighted by molar-refractivity contribution is 9.11. The SMILES string of the molecule is C#CCCC(NN)c1cc(Br)ccc1Br. The van der Waals surface area contributed by atoms with Crippen LogP contribution in [0.2, 0.25) is 0 Å². The van der Waals surface area contributed by atoms with Crippen LogP contribution in [0.25, 0.3) is 0 Å². The van der Waals surface area contributed by atoms with Gasteiger partial charge in [0, 0.05) is 21.4 Å². The molecule has 0 amide bonds. The van der Waals surface area contributed by atoms with E-state index in [0.29, 0.717) is 6.42 Å². The van der Waals surface area contributed by atoms with Crippen LogP contribution in [0.4, 0.5) is 0 Å². The van der Waals surface area contributed by atoms with Crippen LogP contribution in [0.1, 0.15) is 24.4 Å². The zero-order valence-electron chi connectivity index (χ0n) is 8.13. The van der Waals surface area contributed by atoms with E-state index in [1.807, 2.05) is 18.2 Å². The molecule has 0 aliphatic carbocycles. The number of terminal acetylenes is 1. The fourth-order valence-electron chi connectivity index (χ4n) is 1.34. The Labute approximate surface area is 107 Å². The van der Waals surface area contributed by atoms with Gasteiger partial charge < -0.3 is 0 Å².